The second kappa shape index (κ2) is 6.49. The first-order valence-electron chi connectivity index (χ1n) is 6.92. The maximum Gasteiger partial charge on any atom is 0.342 e. The molecular formula is C13H19N3O4. The van der Waals surface area contributed by atoms with Gasteiger partial charge in [-0.25, -0.2) is 9.55 Å². The highest BCUT2D eigenvalue weighted by Gasteiger charge is 2.23. The molecule has 0 unspecified atom stereocenters. The lowest BCUT2D eigenvalue weighted by atomic mass is 9.89. The second-order valence-corrected chi connectivity index (χ2v) is 5.07. The van der Waals surface area contributed by atoms with Gasteiger partial charge in [-0.3, -0.25) is 4.79 Å². The van der Waals surface area contributed by atoms with Crippen LogP contribution in [0.25, 0.3) is 0 Å². The van der Waals surface area contributed by atoms with E-state index >= 15 is 0 Å². The summed E-state index contributed by atoms with van der Waals surface area (Å²) in [5.41, 5.74) is 0. The van der Waals surface area contributed by atoms with Crippen molar-refractivity contribution in [2.24, 2.45) is 5.92 Å². The van der Waals surface area contributed by atoms with Gasteiger partial charge in [-0.2, -0.15) is 0 Å². The third kappa shape index (κ3) is 3.34. The van der Waals surface area contributed by atoms with Crippen molar-refractivity contribution < 1.29 is 14.5 Å². The van der Waals surface area contributed by atoms with Crippen LogP contribution in [0, 0.1) is 23.0 Å². The molecule has 20 heavy (non-hydrogen) atoms. The Balaban J connectivity index is 1.85. The molecule has 0 amide bonds. The van der Waals surface area contributed by atoms with E-state index in [-0.39, 0.29) is 30.9 Å². The summed E-state index contributed by atoms with van der Waals surface area (Å²) in [4.78, 5) is 26.1. The molecule has 1 aliphatic rings. The van der Waals surface area contributed by atoms with E-state index < -0.39 is 4.92 Å². The molecule has 1 aromatic rings. The number of nitro groups is 1. The van der Waals surface area contributed by atoms with Crippen LogP contribution in [0.5, 0.6) is 0 Å². The second-order valence-electron chi connectivity index (χ2n) is 5.07. The lowest BCUT2D eigenvalue weighted by molar-refractivity contribution is -0.392. The number of ether oxygens (including phenoxy) is 1. The van der Waals surface area contributed by atoms with E-state index in [9.17, 15) is 14.9 Å². The number of hydrogen-bond acceptors (Lipinski definition) is 5. The summed E-state index contributed by atoms with van der Waals surface area (Å²) in [6.07, 6.45) is 6.34. The molecule has 0 bridgehead atoms. The minimum absolute atomic E-state index is 0.00243. The summed E-state index contributed by atoms with van der Waals surface area (Å²) in [6, 6.07) is 0. The average molecular weight is 281 g/mol. The third-order valence-corrected chi connectivity index (χ3v) is 3.72. The van der Waals surface area contributed by atoms with Gasteiger partial charge in [-0.1, -0.05) is 19.3 Å². The molecule has 0 saturated heterocycles. The number of aryl methyl sites for hydroxylation is 1. The van der Waals surface area contributed by atoms with Crippen LogP contribution in [-0.4, -0.2) is 27.1 Å². The molecule has 7 nitrogen and oxygen atoms in total. The maximum atomic E-state index is 11.8. The molecule has 1 aromatic heterocycles. The number of rotatable bonds is 5. The fraction of sp³-hybridized carbons (Fsp3) is 0.692. The smallest absolute Gasteiger partial charge is 0.342 e. The Morgan fingerprint density at radius 3 is 2.85 bits per heavy atom. The Morgan fingerprint density at radius 2 is 2.20 bits per heavy atom. The van der Waals surface area contributed by atoms with Gasteiger partial charge < -0.3 is 14.9 Å². The van der Waals surface area contributed by atoms with Crippen molar-refractivity contribution in [1.82, 2.24) is 9.55 Å². The van der Waals surface area contributed by atoms with Crippen molar-refractivity contribution in [3.8, 4) is 0 Å². The standard InChI is InChI=1S/C13H19N3O4/c1-10-14-9-12(16(18)19)15(10)7-8-20-13(17)11-5-3-2-4-6-11/h9,11H,2-8H2,1H3. The predicted molar refractivity (Wildman–Crippen MR) is 71.2 cm³/mol. The highest BCUT2D eigenvalue weighted by molar-refractivity contribution is 5.72. The van der Waals surface area contributed by atoms with E-state index in [0.717, 1.165) is 25.7 Å². The number of carbonyl (C=O) groups is 1. The van der Waals surface area contributed by atoms with E-state index in [1.54, 1.807) is 6.92 Å². The number of carbonyl (C=O) groups excluding carboxylic acids is 1. The molecule has 1 aliphatic carbocycles. The quantitative estimate of drug-likeness (QED) is 0.469. The Hall–Kier alpha value is -1.92. The van der Waals surface area contributed by atoms with E-state index in [4.69, 9.17) is 4.74 Å². The number of esters is 1. The van der Waals surface area contributed by atoms with Crippen molar-refractivity contribution in [2.75, 3.05) is 6.61 Å². The van der Waals surface area contributed by atoms with Gasteiger partial charge in [0.1, 0.15) is 19.3 Å². The van der Waals surface area contributed by atoms with Crippen LogP contribution in [-0.2, 0) is 16.1 Å². The Morgan fingerprint density at radius 1 is 1.50 bits per heavy atom. The molecule has 110 valence electrons. The number of imidazole rings is 1. The lowest BCUT2D eigenvalue weighted by Gasteiger charge is -2.19. The zero-order chi connectivity index (χ0) is 14.5. The van der Waals surface area contributed by atoms with Gasteiger partial charge in [0.2, 0.25) is 0 Å². The zero-order valence-electron chi connectivity index (χ0n) is 11.6. The summed E-state index contributed by atoms with van der Waals surface area (Å²) < 4.78 is 6.69. The van der Waals surface area contributed by atoms with E-state index in [2.05, 4.69) is 4.98 Å². The first-order chi connectivity index (χ1) is 9.59. The Labute approximate surface area is 117 Å². The monoisotopic (exact) mass is 281 g/mol. The summed E-state index contributed by atoms with van der Waals surface area (Å²) in [6.45, 7) is 2.10. The molecule has 7 heteroatoms. The molecule has 0 spiro atoms. The maximum absolute atomic E-state index is 11.8. The van der Waals surface area contributed by atoms with Gasteiger partial charge in [0.05, 0.1) is 5.92 Å². The van der Waals surface area contributed by atoms with Crippen LogP contribution in [0.2, 0.25) is 0 Å². The van der Waals surface area contributed by atoms with Crippen molar-refractivity contribution in [3.63, 3.8) is 0 Å². The Kier molecular flexibility index (Phi) is 4.70. The topological polar surface area (TPSA) is 87.3 Å². The lowest BCUT2D eigenvalue weighted by Crippen LogP contribution is -2.22. The molecule has 1 heterocycles. The number of nitrogens with zero attached hydrogens (tertiary/aromatic N) is 3. The van der Waals surface area contributed by atoms with Crippen LogP contribution >= 0.6 is 0 Å². The van der Waals surface area contributed by atoms with Crippen molar-refractivity contribution in [1.29, 1.82) is 0 Å². The molecule has 1 fully saturated rings. The fourth-order valence-corrected chi connectivity index (χ4v) is 2.57. The van der Waals surface area contributed by atoms with Gasteiger partial charge in [-0.15, -0.1) is 0 Å². The minimum Gasteiger partial charge on any atom is -0.461 e. The van der Waals surface area contributed by atoms with Crippen LogP contribution in [0.1, 0.15) is 37.9 Å². The van der Waals surface area contributed by atoms with Crippen molar-refractivity contribution >= 4 is 11.8 Å². The average Bonchev–Trinajstić information content (AvgIpc) is 2.81. The third-order valence-electron chi connectivity index (χ3n) is 3.72. The zero-order valence-corrected chi connectivity index (χ0v) is 11.6. The molecule has 0 N–H and O–H groups in total. The highest BCUT2D eigenvalue weighted by atomic mass is 16.6. The largest absolute Gasteiger partial charge is 0.461 e. The summed E-state index contributed by atoms with van der Waals surface area (Å²) in [5.74, 6) is 0.300. The van der Waals surface area contributed by atoms with E-state index in [1.807, 2.05) is 0 Å². The molecular weight excluding hydrogens is 262 g/mol. The molecule has 1 saturated carbocycles. The summed E-state index contributed by atoms with van der Waals surface area (Å²) in [7, 11) is 0. The Bertz CT molecular complexity index is 492. The number of aromatic nitrogens is 2. The first-order valence-corrected chi connectivity index (χ1v) is 6.92. The van der Waals surface area contributed by atoms with Crippen LogP contribution in [0.3, 0.4) is 0 Å². The predicted octanol–water partition coefficient (Wildman–Crippen LogP) is 2.22. The summed E-state index contributed by atoms with van der Waals surface area (Å²) >= 11 is 0. The highest BCUT2D eigenvalue weighted by Crippen LogP contribution is 2.24. The summed E-state index contributed by atoms with van der Waals surface area (Å²) in [5, 5.41) is 10.8. The van der Waals surface area contributed by atoms with Gasteiger partial charge >= 0.3 is 11.8 Å². The van der Waals surface area contributed by atoms with Crippen LogP contribution in [0.15, 0.2) is 6.20 Å². The van der Waals surface area contributed by atoms with Gasteiger partial charge in [0.15, 0.2) is 5.82 Å². The fourth-order valence-electron chi connectivity index (χ4n) is 2.57. The van der Waals surface area contributed by atoms with Crippen LogP contribution < -0.4 is 0 Å². The van der Waals surface area contributed by atoms with Gasteiger partial charge in [0.25, 0.3) is 0 Å². The van der Waals surface area contributed by atoms with E-state index in [0.29, 0.717) is 5.82 Å². The molecule has 0 aromatic carbocycles. The molecule has 2 rings (SSSR count). The molecule has 0 aliphatic heterocycles. The normalized spacial score (nSPS) is 16.1. The molecule has 0 atom stereocenters. The first kappa shape index (κ1) is 14.5. The van der Waals surface area contributed by atoms with Crippen LogP contribution in [0.4, 0.5) is 5.82 Å². The van der Waals surface area contributed by atoms with Crippen molar-refractivity contribution in [2.45, 2.75) is 45.6 Å². The minimum atomic E-state index is -0.483. The SMILES string of the molecule is Cc1ncc([N+](=O)[O-])n1CCOC(=O)C1CCCCC1. The van der Waals surface area contributed by atoms with E-state index in [1.165, 1.54) is 17.2 Å². The van der Waals surface area contributed by atoms with Crippen molar-refractivity contribution in [3.05, 3.63) is 22.1 Å². The molecule has 0 radical (unpaired) electrons. The van der Waals surface area contributed by atoms with Gasteiger partial charge in [0, 0.05) is 6.92 Å². The number of hydrogen-bond donors (Lipinski definition) is 0. The van der Waals surface area contributed by atoms with Gasteiger partial charge in [-0.05, 0) is 17.8 Å².